The molecule has 0 spiro atoms. The van der Waals surface area contributed by atoms with Gasteiger partial charge in [-0.25, -0.2) is 0 Å². The largest absolute Gasteiger partial charge is 0.309 e. The molecule has 0 amide bonds. The Bertz CT molecular complexity index is 349. The third kappa shape index (κ3) is 5.83. The van der Waals surface area contributed by atoms with Crippen molar-refractivity contribution in [1.82, 2.24) is 14.9 Å². The second-order valence-corrected chi connectivity index (χ2v) is 5.66. The second kappa shape index (κ2) is 10.1. The van der Waals surface area contributed by atoms with Gasteiger partial charge in [-0.1, -0.05) is 43.7 Å². The molecule has 1 rings (SSSR count). The van der Waals surface area contributed by atoms with Crippen molar-refractivity contribution in [2.24, 2.45) is 0 Å². The molecule has 19 heavy (non-hydrogen) atoms. The smallest absolute Gasteiger partial charge is 0.0803 e. The summed E-state index contributed by atoms with van der Waals surface area (Å²) in [6.45, 7) is 9.13. The normalized spacial score (nSPS) is 12.5. The van der Waals surface area contributed by atoms with Crippen molar-refractivity contribution in [3.05, 3.63) is 23.2 Å². The van der Waals surface area contributed by atoms with E-state index in [4.69, 9.17) is 0 Å². The Kier molecular flexibility index (Phi) is 8.67. The quantitative estimate of drug-likeness (QED) is 0.486. The highest BCUT2D eigenvalue weighted by Crippen LogP contribution is 2.26. The van der Waals surface area contributed by atoms with Crippen LogP contribution in [0.2, 0.25) is 0 Å². The highest BCUT2D eigenvalue weighted by molar-refractivity contribution is 7.05. The van der Waals surface area contributed by atoms with Crippen LogP contribution < -0.4 is 5.32 Å². The standard InChI is InChI=1S/C15H27N3S/c1-4-7-8-9-10-12-13(16-6-3)15-14(11-5-2)17-18-19-15/h4,13,16H,1,5-12H2,2-3H3. The van der Waals surface area contributed by atoms with Gasteiger partial charge in [-0.2, -0.15) is 0 Å². The molecule has 0 saturated carbocycles. The molecule has 1 N–H and O–H groups in total. The fourth-order valence-corrected chi connectivity index (χ4v) is 3.08. The third-order valence-corrected chi connectivity index (χ3v) is 4.12. The summed E-state index contributed by atoms with van der Waals surface area (Å²) >= 11 is 1.57. The Morgan fingerprint density at radius 3 is 2.84 bits per heavy atom. The van der Waals surface area contributed by atoms with Gasteiger partial charge in [0, 0.05) is 6.04 Å². The highest BCUT2D eigenvalue weighted by Gasteiger charge is 2.17. The predicted molar refractivity (Wildman–Crippen MR) is 83.6 cm³/mol. The van der Waals surface area contributed by atoms with Crippen molar-refractivity contribution < 1.29 is 0 Å². The molecule has 0 aliphatic carbocycles. The molecule has 1 aromatic heterocycles. The Morgan fingerprint density at radius 1 is 1.32 bits per heavy atom. The van der Waals surface area contributed by atoms with E-state index in [1.165, 1.54) is 36.3 Å². The van der Waals surface area contributed by atoms with Crippen LogP contribution in [0.1, 0.15) is 69.0 Å². The van der Waals surface area contributed by atoms with Gasteiger partial charge in [0.15, 0.2) is 0 Å². The average molecular weight is 281 g/mol. The summed E-state index contributed by atoms with van der Waals surface area (Å²) in [6, 6.07) is 0.440. The molecule has 0 fully saturated rings. The molecule has 1 unspecified atom stereocenters. The molecule has 4 heteroatoms. The molecule has 1 aromatic rings. The number of rotatable bonds is 11. The molecule has 108 valence electrons. The first kappa shape index (κ1) is 16.3. The number of nitrogens with zero attached hydrogens (tertiary/aromatic N) is 2. The van der Waals surface area contributed by atoms with Crippen LogP contribution in [-0.4, -0.2) is 16.1 Å². The van der Waals surface area contributed by atoms with Crippen LogP contribution in [0.3, 0.4) is 0 Å². The van der Waals surface area contributed by atoms with E-state index in [0.29, 0.717) is 6.04 Å². The Labute approximate surface area is 121 Å². The molecule has 0 aliphatic heterocycles. The van der Waals surface area contributed by atoms with Gasteiger partial charge in [0.25, 0.3) is 0 Å². The van der Waals surface area contributed by atoms with Gasteiger partial charge in [0.1, 0.15) is 0 Å². The first-order valence-electron chi connectivity index (χ1n) is 7.48. The lowest BCUT2D eigenvalue weighted by Gasteiger charge is -2.16. The first-order chi connectivity index (χ1) is 9.33. The van der Waals surface area contributed by atoms with E-state index < -0.39 is 0 Å². The monoisotopic (exact) mass is 281 g/mol. The van der Waals surface area contributed by atoms with Crippen molar-refractivity contribution in [2.45, 2.75) is 64.8 Å². The number of allylic oxidation sites excluding steroid dienone is 1. The van der Waals surface area contributed by atoms with Crippen molar-refractivity contribution in [1.29, 1.82) is 0 Å². The highest BCUT2D eigenvalue weighted by atomic mass is 32.1. The van der Waals surface area contributed by atoms with Crippen LogP contribution in [0.4, 0.5) is 0 Å². The van der Waals surface area contributed by atoms with E-state index in [-0.39, 0.29) is 0 Å². The lowest BCUT2D eigenvalue weighted by atomic mass is 10.0. The van der Waals surface area contributed by atoms with Gasteiger partial charge in [-0.3, -0.25) is 0 Å². The number of nitrogens with one attached hydrogen (secondary N) is 1. The van der Waals surface area contributed by atoms with E-state index in [2.05, 4.69) is 35.3 Å². The van der Waals surface area contributed by atoms with Gasteiger partial charge < -0.3 is 5.32 Å². The van der Waals surface area contributed by atoms with Crippen LogP contribution >= 0.6 is 11.5 Å². The maximum atomic E-state index is 4.28. The van der Waals surface area contributed by atoms with Crippen LogP contribution in [-0.2, 0) is 6.42 Å². The number of unbranched alkanes of at least 4 members (excludes halogenated alkanes) is 3. The number of hydrogen-bond donors (Lipinski definition) is 1. The van der Waals surface area contributed by atoms with Crippen molar-refractivity contribution >= 4 is 11.5 Å². The molecular weight excluding hydrogens is 254 g/mol. The zero-order valence-corrected chi connectivity index (χ0v) is 13.1. The van der Waals surface area contributed by atoms with Gasteiger partial charge in [0.2, 0.25) is 0 Å². The van der Waals surface area contributed by atoms with E-state index >= 15 is 0 Å². The summed E-state index contributed by atoms with van der Waals surface area (Å²) in [7, 11) is 0. The molecular formula is C15H27N3S. The van der Waals surface area contributed by atoms with E-state index in [9.17, 15) is 0 Å². The maximum absolute atomic E-state index is 4.28. The zero-order valence-electron chi connectivity index (χ0n) is 12.3. The molecule has 0 bridgehead atoms. The lowest BCUT2D eigenvalue weighted by Crippen LogP contribution is -2.21. The van der Waals surface area contributed by atoms with Crippen LogP contribution in [0, 0.1) is 0 Å². The summed E-state index contributed by atoms with van der Waals surface area (Å²) in [5.74, 6) is 0. The minimum Gasteiger partial charge on any atom is -0.309 e. The number of aryl methyl sites for hydroxylation is 1. The Balaban J connectivity index is 2.50. The predicted octanol–water partition coefficient (Wildman–Crippen LogP) is 4.28. The number of aromatic nitrogens is 2. The van der Waals surface area contributed by atoms with Crippen molar-refractivity contribution in [2.75, 3.05) is 6.54 Å². The molecule has 0 aromatic carbocycles. The zero-order chi connectivity index (χ0) is 13.9. The van der Waals surface area contributed by atoms with E-state index in [0.717, 1.165) is 25.8 Å². The molecule has 0 saturated heterocycles. The summed E-state index contributed by atoms with van der Waals surface area (Å²) in [4.78, 5) is 1.35. The van der Waals surface area contributed by atoms with Crippen LogP contribution in [0.25, 0.3) is 0 Å². The summed E-state index contributed by atoms with van der Waals surface area (Å²) < 4.78 is 4.14. The van der Waals surface area contributed by atoms with E-state index in [1.54, 1.807) is 11.5 Å². The molecule has 0 aliphatic rings. The van der Waals surface area contributed by atoms with Crippen LogP contribution in [0.5, 0.6) is 0 Å². The fraction of sp³-hybridized carbons (Fsp3) is 0.733. The van der Waals surface area contributed by atoms with Crippen LogP contribution in [0.15, 0.2) is 12.7 Å². The van der Waals surface area contributed by atoms with Gasteiger partial charge >= 0.3 is 0 Å². The van der Waals surface area contributed by atoms with Crippen molar-refractivity contribution in [3.8, 4) is 0 Å². The Morgan fingerprint density at radius 2 is 2.16 bits per heavy atom. The Hall–Kier alpha value is -0.740. The molecule has 0 radical (unpaired) electrons. The topological polar surface area (TPSA) is 37.8 Å². The van der Waals surface area contributed by atoms with Crippen molar-refractivity contribution in [3.63, 3.8) is 0 Å². The molecule has 1 atom stereocenters. The van der Waals surface area contributed by atoms with E-state index in [1.807, 2.05) is 6.08 Å². The first-order valence-corrected chi connectivity index (χ1v) is 8.26. The van der Waals surface area contributed by atoms with Gasteiger partial charge in [-0.05, 0) is 43.8 Å². The second-order valence-electron chi connectivity index (χ2n) is 4.87. The van der Waals surface area contributed by atoms with Gasteiger partial charge in [-0.15, -0.1) is 11.7 Å². The minimum absolute atomic E-state index is 0.440. The van der Waals surface area contributed by atoms with Gasteiger partial charge in [0.05, 0.1) is 10.6 Å². The average Bonchev–Trinajstić information content (AvgIpc) is 2.86. The lowest BCUT2D eigenvalue weighted by molar-refractivity contribution is 0.486. The minimum atomic E-state index is 0.440. The SMILES string of the molecule is C=CCCCCCC(NCC)c1snnc1CCC. The summed E-state index contributed by atoms with van der Waals surface area (Å²) in [5.41, 5.74) is 1.20. The molecule has 3 nitrogen and oxygen atoms in total. The maximum Gasteiger partial charge on any atom is 0.0803 e. The summed E-state index contributed by atoms with van der Waals surface area (Å²) in [6.07, 6.45) is 10.3. The molecule has 1 heterocycles. The summed E-state index contributed by atoms with van der Waals surface area (Å²) in [5, 5.41) is 7.87. The fourth-order valence-electron chi connectivity index (χ4n) is 2.28. The number of hydrogen-bond acceptors (Lipinski definition) is 4. The third-order valence-electron chi connectivity index (χ3n) is 3.24.